The van der Waals surface area contributed by atoms with E-state index >= 15 is 0 Å². The summed E-state index contributed by atoms with van der Waals surface area (Å²) in [4.78, 5) is 34.7. The van der Waals surface area contributed by atoms with Crippen LogP contribution in [0.2, 0.25) is 0 Å². The number of nitrogens with one attached hydrogen (secondary N) is 1. The Morgan fingerprint density at radius 2 is 2.12 bits per heavy atom. The maximum Gasteiger partial charge on any atom is 0.390 e. The van der Waals surface area contributed by atoms with E-state index in [1.807, 2.05) is 6.92 Å². The van der Waals surface area contributed by atoms with E-state index in [2.05, 4.69) is 15.2 Å². The van der Waals surface area contributed by atoms with Gasteiger partial charge < -0.3 is 20.2 Å². The smallest absolute Gasteiger partial charge is 0.390 e. The molecule has 10 heteroatoms. The third kappa shape index (κ3) is 3.96. The van der Waals surface area contributed by atoms with Crippen LogP contribution in [0.1, 0.15) is 27.3 Å². The quantitative estimate of drug-likeness (QED) is 0.484. The lowest BCUT2D eigenvalue weighted by molar-refractivity contribution is -0.389. The average molecular weight is 352 g/mol. The first-order valence-electron chi connectivity index (χ1n) is 6.99. The van der Waals surface area contributed by atoms with Crippen LogP contribution in [-0.2, 0) is 16.1 Å². The molecule has 0 aliphatic carbocycles. The molecule has 0 aliphatic heterocycles. The molecule has 0 atom stereocenters. The number of esters is 1. The van der Waals surface area contributed by atoms with E-state index in [9.17, 15) is 19.7 Å². The molecule has 0 saturated heterocycles. The van der Waals surface area contributed by atoms with Crippen LogP contribution in [0.3, 0.4) is 0 Å². The Morgan fingerprint density at radius 3 is 2.71 bits per heavy atom. The Morgan fingerprint density at radius 1 is 1.42 bits per heavy atom. The lowest BCUT2D eigenvalue weighted by Gasteiger charge is -2.05. The molecular formula is C14H16N4O5S. The van der Waals surface area contributed by atoms with Crippen LogP contribution in [-0.4, -0.2) is 33.7 Å². The number of aryl methyl sites for hydroxylation is 3. The third-order valence-corrected chi connectivity index (χ3v) is 4.19. The van der Waals surface area contributed by atoms with Crippen molar-refractivity contribution in [3.63, 3.8) is 0 Å². The van der Waals surface area contributed by atoms with Crippen LogP contribution >= 0.6 is 11.3 Å². The molecule has 0 saturated carbocycles. The van der Waals surface area contributed by atoms with Crippen molar-refractivity contribution in [1.82, 2.24) is 9.78 Å². The number of carbonyl (C=O) groups is 2. The molecule has 0 unspecified atom stereocenters. The van der Waals surface area contributed by atoms with Crippen LogP contribution in [0.5, 0.6) is 0 Å². The summed E-state index contributed by atoms with van der Waals surface area (Å²) < 4.78 is 6.08. The SMILES string of the molecule is COC(=O)c1cc(C)sc1NC(=O)CCn1nc([N+](=O)[O-])cc1C. The number of anilines is 1. The van der Waals surface area contributed by atoms with Gasteiger partial charge in [0.2, 0.25) is 5.91 Å². The molecule has 24 heavy (non-hydrogen) atoms. The highest BCUT2D eigenvalue weighted by Gasteiger charge is 2.19. The minimum absolute atomic E-state index is 0.0667. The number of methoxy groups -OCH3 is 1. The molecule has 1 amide bonds. The minimum atomic E-state index is -0.583. The number of nitro groups is 1. The highest BCUT2D eigenvalue weighted by Crippen LogP contribution is 2.28. The molecule has 0 aliphatic rings. The molecule has 0 fully saturated rings. The van der Waals surface area contributed by atoms with Gasteiger partial charge in [0.05, 0.1) is 36.1 Å². The van der Waals surface area contributed by atoms with Crippen LogP contribution in [0.4, 0.5) is 10.8 Å². The van der Waals surface area contributed by atoms with Crippen LogP contribution in [0.25, 0.3) is 0 Å². The number of hydrogen-bond acceptors (Lipinski definition) is 7. The highest BCUT2D eigenvalue weighted by molar-refractivity contribution is 7.16. The Kier molecular flexibility index (Phi) is 5.29. The third-order valence-electron chi connectivity index (χ3n) is 3.22. The Labute approximate surface area is 141 Å². The maximum atomic E-state index is 12.1. The first-order chi connectivity index (χ1) is 11.3. The van der Waals surface area contributed by atoms with Crippen molar-refractivity contribution in [2.75, 3.05) is 12.4 Å². The van der Waals surface area contributed by atoms with E-state index in [1.165, 1.54) is 29.2 Å². The number of nitrogens with zero attached hydrogens (tertiary/aromatic N) is 3. The molecule has 0 spiro atoms. The van der Waals surface area contributed by atoms with Gasteiger partial charge in [0, 0.05) is 11.3 Å². The monoisotopic (exact) mass is 352 g/mol. The van der Waals surface area contributed by atoms with Gasteiger partial charge in [-0.15, -0.1) is 11.3 Å². The Hall–Kier alpha value is -2.75. The van der Waals surface area contributed by atoms with Gasteiger partial charge in [-0.25, -0.2) is 4.79 Å². The summed E-state index contributed by atoms with van der Waals surface area (Å²) in [6.45, 7) is 3.69. The van der Waals surface area contributed by atoms with Crippen molar-refractivity contribution < 1.29 is 19.2 Å². The molecule has 2 heterocycles. The summed E-state index contributed by atoms with van der Waals surface area (Å²) in [7, 11) is 1.27. The fraction of sp³-hybridized carbons (Fsp3) is 0.357. The van der Waals surface area contributed by atoms with Crippen molar-refractivity contribution >= 4 is 34.0 Å². The number of aromatic nitrogens is 2. The standard InChI is InChI=1S/C14H16N4O5S/c1-8-6-11(18(21)22)16-17(8)5-4-12(19)15-13-10(14(20)23-3)7-9(2)24-13/h6-7H,4-5H2,1-3H3,(H,15,19). The minimum Gasteiger partial charge on any atom is -0.465 e. The number of amides is 1. The summed E-state index contributed by atoms with van der Waals surface area (Å²) >= 11 is 1.27. The molecule has 0 bridgehead atoms. The molecule has 0 aromatic carbocycles. The molecule has 2 aromatic heterocycles. The molecule has 2 aromatic rings. The molecular weight excluding hydrogens is 336 g/mol. The number of thiophene rings is 1. The van der Waals surface area contributed by atoms with Crippen molar-refractivity contribution in [3.8, 4) is 0 Å². The van der Waals surface area contributed by atoms with Crippen LogP contribution in [0.15, 0.2) is 12.1 Å². The van der Waals surface area contributed by atoms with E-state index in [-0.39, 0.29) is 24.7 Å². The molecule has 1 N–H and O–H groups in total. The Balaban J connectivity index is 2.02. The largest absolute Gasteiger partial charge is 0.465 e. The van der Waals surface area contributed by atoms with Gasteiger partial charge >= 0.3 is 11.8 Å². The van der Waals surface area contributed by atoms with E-state index in [4.69, 9.17) is 0 Å². The van der Waals surface area contributed by atoms with Crippen LogP contribution in [0, 0.1) is 24.0 Å². The topological polar surface area (TPSA) is 116 Å². The lowest BCUT2D eigenvalue weighted by atomic mass is 10.3. The second-order valence-corrected chi connectivity index (χ2v) is 6.27. The van der Waals surface area contributed by atoms with Gasteiger partial charge in [-0.3, -0.25) is 4.79 Å². The van der Waals surface area contributed by atoms with Gasteiger partial charge in [-0.2, -0.15) is 4.68 Å². The van der Waals surface area contributed by atoms with E-state index in [0.29, 0.717) is 16.3 Å². The van der Waals surface area contributed by atoms with E-state index < -0.39 is 10.9 Å². The van der Waals surface area contributed by atoms with E-state index in [1.54, 1.807) is 13.0 Å². The fourth-order valence-corrected chi connectivity index (χ4v) is 2.99. The predicted molar refractivity (Wildman–Crippen MR) is 87.3 cm³/mol. The summed E-state index contributed by atoms with van der Waals surface area (Å²) in [5, 5.41) is 17.6. The lowest BCUT2D eigenvalue weighted by Crippen LogP contribution is -2.16. The normalized spacial score (nSPS) is 10.5. The maximum absolute atomic E-state index is 12.1. The summed E-state index contributed by atoms with van der Waals surface area (Å²) in [6.07, 6.45) is 0.0667. The highest BCUT2D eigenvalue weighted by atomic mass is 32.1. The first-order valence-corrected chi connectivity index (χ1v) is 7.81. The van der Waals surface area contributed by atoms with Crippen molar-refractivity contribution in [1.29, 1.82) is 0 Å². The fourth-order valence-electron chi connectivity index (χ4n) is 2.07. The van der Waals surface area contributed by atoms with Gasteiger partial charge in [0.15, 0.2) is 0 Å². The zero-order valence-electron chi connectivity index (χ0n) is 13.4. The first kappa shape index (κ1) is 17.6. The Bertz CT molecular complexity index is 795. The number of rotatable bonds is 6. The van der Waals surface area contributed by atoms with Crippen molar-refractivity contribution in [2.45, 2.75) is 26.8 Å². The van der Waals surface area contributed by atoms with Gasteiger partial charge in [-0.1, -0.05) is 0 Å². The number of carbonyl (C=O) groups excluding carboxylic acids is 2. The summed E-state index contributed by atoms with van der Waals surface area (Å²) in [5.41, 5.74) is 0.899. The molecule has 128 valence electrons. The van der Waals surface area contributed by atoms with Crippen molar-refractivity contribution in [2.24, 2.45) is 0 Å². The zero-order valence-corrected chi connectivity index (χ0v) is 14.2. The predicted octanol–water partition coefficient (Wildman–Crippen LogP) is 2.29. The summed E-state index contributed by atoms with van der Waals surface area (Å²) in [5.74, 6) is -1.09. The van der Waals surface area contributed by atoms with Gasteiger partial charge in [-0.05, 0) is 24.8 Å². The van der Waals surface area contributed by atoms with Gasteiger partial charge in [0.1, 0.15) is 5.00 Å². The zero-order chi connectivity index (χ0) is 17.9. The van der Waals surface area contributed by atoms with Crippen molar-refractivity contribution in [3.05, 3.63) is 38.4 Å². The average Bonchev–Trinajstić information content (AvgIpc) is 3.07. The van der Waals surface area contributed by atoms with Crippen LogP contribution < -0.4 is 5.32 Å². The second kappa shape index (κ2) is 7.21. The molecule has 0 radical (unpaired) electrons. The van der Waals surface area contributed by atoms with E-state index in [0.717, 1.165) is 4.88 Å². The van der Waals surface area contributed by atoms with Gasteiger partial charge in [0.25, 0.3) is 0 Å². The number of ether oxygens (including phenoxy) is 1. The second-order valence-electron chi connectivity index (χ2n) is 5.01. The molecule has 9 nitrogen and oxygen atoms in total. The molecule has 2 rings (SSSR count). The summed E-state index contributed by atoms with van der Waals surface area (Å²) in [6, 6.07) is 2.99. The number of hydrogen-bond donors (Lipinski definition) is 1.